The van der Waals surface area contributed by atoms with E-state index in [1.807, 2.05) is 4.90 Å². The summed E-state index contributed by atoms with van der Waals surface area (Å²) in [5.41, 5.74) is 6.32. The van der Waals surface area contributed by atoms with Crippen molar-refractivity contribution in [3.63, 3.8) is 0 Å². The van der Waals surface area contributed by atoms with E-state index in [9.17, 15) is 13.2 Å². The molecule has 3 aliphatic rings. The third-order valence-corrected chi connectivity index (χ3v) is 7.30. The summed E-state index contributed by atoms with van der Waals surface area (Å²) in [4.78, 5) is 14.8. The molecule has 2 aliphatic carbocycles. The van der Waals surface area contributed by atoms with Crippen molar-refractivity contribution in [2.45, 2.75) is 44.6 Å². The van der Waals surface area contributed by atoms with E-state index in [-0.39, 0.29) is 30.3 Å². The average molecular weight is 380 g/mol. The van der Waals surface area contributed by atoms with E-state index in [1.165, 1.54) is 17.0 Å². The lowest BCUT2D eigenvalue weighted by Gasteiger charge is -2.44. The fourth-order valence-electron chi connectivity index (χ4n) is 4.69. The molecular formula is C16H30ClN3O3S. The molecule has 140 valence electrons. The van der Waals surface area contributed by atoms with Gasteiger partial charge in [-0.1, -0.05) is 6.42 Å². The van der Waals surface area contributed by atoms with Crippen molar-refractivity contribution >= 4 is 28.3 Å². The second-order valence-corrected chi connectivity index (χ2v) is 9.52. The van der Waals surface area contributed by atoms with Gasteiger partial charge in [0.05, 0.1) is 6.26 Å². The Hall–Kier alpha value is -0.370. The highest BCUT2D eigenvalue weighted by atomic mass is 35.5. The minimum atomic E-state index is -3.16. The largest absolute Gasteiger partial charge is 0.341 e. The van der Waals surface area contributed by atoms with E-state index < -0.39 is 10.0 Å². The van der Waals surface area contributed by atoms with Crippen LogP contribution in [0.5, 0.6) is 0 Å². The highest BCUT2D eigenvalue weighted by Crippen LogP contribution is 2.42. The van der Waals surface area contributed by atoms with Gasteiger partial charge in [0, 0.05) is 38.1 Å². The van der Waals surface area contributed by atoms with Gasteiger partial charge in [0.1, 0.15) is 0 Å². The zero-order valence-electron chi connectivity index (χ0n) is 14.4. The summed E-state index contributed by atoms with van der Waals surface area (Å²) in [5.74, 6) is 1.31. The van der Waals surface area contributed by atoms with Crippen molar-refractivity contribution in [2.75, 3.05) is 32.4 Å². The van der Waals surface area contributed by atoms with Gasteiger partial charge in [-0.15, -0.1) is 12.4 Å². The molecule has 2 atom stereocenters. The van der Waals surface area contributed by atoms with E-state index in [0.717, 1.165) is 32.1 Å². The topological polar surface area (TPSA) is 83.7 Å². The van der Waals surface area contributed by atoms with Gasteiger partial charge in [0.15, 0.2) is 0 Å². The number of halogens is 1. The average Bonchev–Trinajstić information content (AvgIpc) is 2.71. The summed E-state index contributed by atoms with van der Waals surface area (Å²) >= 11 is 0. The lowest BCUT2D eigenvalue weighted by atomic mass is 9.65. The summed E-state index contributed by atoms with van der Waals surface area (Å²) in [6.45, 7) is 2.12. The minimum Gasteiger partial charge on any atom is -0.341 e. The zero-order valence-corrected chi connectivity index (χ0v) is 16.0. The van der Waals surface area contributed by atoms with E-state index in [1.54, 1.807) is 0 Å². The van der Waals surface area contributed by atoms with Gasteiger partial charge in [0.2, 0.25) is 15.9 Å². The highest BCUT2D eigenvalue weighted by Gasteiger charge is 2.41. The predicted octanol–water partition coefficient (Wildman–Crippen LogP) is 1.06. The molecule has 24 heavy (non-hydrogen) atoms. The van der Waals surface area contributed by atoms with Crippen LogP contribution in [0.3, 0.4) is 0 Å². The number of rotatable bonds is 2. The maximum atomic E-state index is 12.9. The summed E-state index contributed by atoms with van der Waals surface area (Å²) in [5, 5.41) is 0. The summed E-state index contributed by atoms with van der Waals surface area (Å²) in [7, 11) is -3.16. The monoisotopic (exact) mass is 379 g/mol. The van der Waals surface area contributed by atoms with Crippen LogP contribution in [-0.2, 0) is 14.8 Å². The molecule has 0 aromatic rings. The molecule has 0 aromatic heterocycles. The van der Waals surface area contributed by atoms with Crippen molar-refractivity contribution in [1.29, 1.82) is 0 Å². The molecular weight excluding hydrogens is 350 g/mol. The van der Waals surface area contributed by atoms with Gasteiger partial charge < -0.3 is 10.6 Å². The number of sulfonamides is 1. The van der Waals surface area contributed by atoms with Gasteiger partial charge in [-0.25, -0.2) is 12.7 Å². The normalized spacial score (nSPS) is 35.0. The Kier molecular flexibility index (Phi) is 6.56. The van der Waals surface area contributed by atoms with Gasteiger partial charge in [-0.2, -0.15) is 0 Å². The number of nitrogens with two attached hydrogens (primary N) is 1. The Balaban J connectivity index is 0.00000208. The Morgan fingerprint density at radius 1 is 1.00 bits per heavy atom. The Morgan fingerprint density at radius 2 is 1.62 bits per heavy atom. The molecule has 1 saturated heterocycles. The molecule has 8 heteroatoms. The van der Waals surface area contributed by atoms with Crippen molar-refractivity contribution in [2.24, 2.45) is 23.5 Å². The number of nitrogens with zero attached hydrogens (tertiary/aromatic N) is 2. The summed E-state index contributed by atoms with van der Waals surface area (Å²) in [6.07, 6.45) is 7.36. The second kappa shape index (κ2) is 7.89. The smallest absolute Gasteiger partial charge is 0.225 e. The first-order valence-electron chi connectivity index (χ1n) is 8.85. The SMILES string of the molecule is CS(=O)(=O)N1CCCN(C(=O)C2CC3CCCC(C2)C3N)CC1.Cl. The predicted molar refractivity (Wildman–Crippen MR) is 96.4 cm³/mol. The first-order chi connectivity index (χ1) is 10.9. The van der Waals surface area contributed by atoms with Crippen LogP contribution in [0.15, 0.2) is 0 Å². The van der Waals surface area contributed by atoms with Crippen molar-refractivity contribution in [1.82, 2.24) is 9.21 Å². The maximum absolute atomic E-state index is 12.9. The molecule has 2 N–H and O–H groups in total. The van der Waals surface area contributed by atoms with Crippen LogP contribution >= 0.6 is 12.4 Å². The molecule has 2 bridgehead atoms. The molecule has 2 saturated carbocycles. The molecule has 2 unspecified atom stereocenters. The number of hydrogen-bond acceptors (Lipinski definition) is 4. The number of fused-ring (bicyclic) bond motifs is 2. The number of carbonyl (C=O) groups is 1. The van der Waals surface area contributed by atoms with Crippen LogP contribution < -0.4 is 5.73 Å². The quantitative estimate of drug-likeness (QED) is 0.777. The van der Waals surface area contributed by atoms with Crippen molar-refractivity contribution in [3.05, 3.63) is 0 Å². The fourth-order valence-corrected chi connectivity index (χ4v) is 5.57. The molecule has 3 rings (SSSR count). The Morgan fingerprint density at radius 3 is 2.21 bits per heavy atom. The van der Waals surface area contributed by atoms with Gasteiger partial charge in [-0.3, -0.25) is 4.79 Å². The summed E-state index contributed by atoms with van der Waals surface area (Å²) < 4.78 is 24.9. The molecule has 6 nitrogen and oxygen atoms in total. The third-order valence-electron chi connectivity index (χ3n) is 6.00. The van der Waals surface area contributed by atoms with Gasteiger partial charge >= 0.3 is 0 Å². The summed E-state index contributed by atoms with van der Waals surface area (Å²) in [6, 6.07) is 0.276. The molecule has 3 fully saturated rings. The molecule has 0 radical (unpaired) electrons. The van der Waals surface area contributed by atoms with Crippen LogP contribution in [0.25, 0.3) is 0 Å². The van der Waals surface area contributed by atoms with E-state index in [4.69, 9.17) is 5.73 Å². The zero-order chi connectivity index (χ0) is 16.6. The lowest BCUT2D eigenvalue weighted by molar-refractivity contribution is -0.138. The molecule has 0 spiro atoms. The van der Waals surface area contributed by atoms with Crippen LogP contribution in [0.1, 0.15) is 38.5 Å². The Bertz CT molecular complexity index is 543. The van der Waals surface area contributed by atoms with E-state index in [2.05, 4.69) is 0 Å². The van der Waals surface area contributed by atoms with Crippen LogP contribution in [0.2, 0.25) is 0 Å². The fraction of sp³-hybridized carbons (Fsp3) is 0.938. The molecule has 1 amide bonds. The highest BCUT2D eigenvalue weighted by molar-refractivity contribution is 7.88. The number of carbonyl (C=O) groups excluding carboxylic acids is 1. The van der Waals surface area contributed by atoms with Crippen molar-refractivity contribution < 1.29 is 13.2 Å². The van der Waals surface area contributed by atoms with Crippen LogP contribution in [-0.4, -0.2) is 62.0 Å². The van der Waals surface area contributed by atoms with Crippen LogP contribution in [0.4, 0.5) is 0 Å². The van der Waals surface area contributed by atoms with Gasteiger partial charge in [0.25, 0.3) is 0 Å². The van der Waals surface area contributed by atoms with Crippen LogP contribution in [0, 0.1) is 17.8 Å². The molecule has 1 aliphatic heterocycles. The van der Waals surface area contributed by atoms with E-state index in [0.29, 0.717) is 38.0 Å². The van der Waals surface area contributed by atoms with Gasteiger partial charge in [-0.05, 0) is 43.9 Å². The minimum absolute atomic E-state index is 0. The standard InChI is InChI=1S/C16H29N3O3S.ClH/c1-23(21,22)19-7-3-6-18(8-9-19)16(20)14-10-12-4-2-5-13(11-14)15(12)17;/h12-15H,2-11,17H2,1H3;1H. The van der Waals surface area contributed by atoms with Crippen molar-refractivity contribution in [3.8, 4) is 0 Å². The Labute approximate surface area is 151 Å². The maximum Gasteiger partial charge on any atom is 0.225 e. The third kappa shape index (κ3) is 4.23. The first kappa shape index (κ1) is 19.9. The molecule has 0 aromatic carbocycles. The second-order valence-electron chi connectivity index (χ2n) is 7.54. The van der Waals surface area contributed by atoms with E-state index >= 15 is 0 Å². The number of amides is 1. The lowest BCUT2D eigenvalue weighted by Crippen LogP contribution is -2.50. The molecule has 1 heterocycles. The first-order valence-corrected chi connectivity index (χ1v) is 10.7. The number of hydrogen-bond donors (Lipinski definition) is 1.